The summed E-state index contributed by atoms with van der Waals surface area (Å²) in [5.41, 5.74) is 0.514. The molecule has 2 aliphatic rings. The normalized spacial score (nSPS) is 24.9. The van der Waals surface area contributed by atoms with Crippen molar-refractivity contribution in [2.24, 2.45) is 5.41 Å². The van der Waals surface area contributed by atoms with E-state index < -0.39 is 0 Å². The van der Waals surface area contributed by atoms with E-state index in [1.807, 2.05) is 4.90 Å². The van der Waals surface area contributed by atoms with Gasteiger partial charge in [0.1, 0.15) is 0 Å². The molecule has 1 spiro atoms. The highest BCUT2D eigenvalue weighted by atomic mass is 16.2. The molecule has 2 saturated heterocycles. The Morgan fingerprint density at radius 1 is 1.31 bits per heavy atom. The monoisotopic (exact) mass is 222 g/mol. The van der Waals surface area contributed by atoms with Crippen LogP contribution in [0, 0.1) is 5.41 Å². The van der Waals surface area contributed by atoms with E-state index >= 15 is 0 Å². The lowest BCUT2D eigenvalue weighted by atomic mass is 9.78. The van der Waals surface area contributed by atoms with Crippen LogP contribution in [0.4, 0.5) is 0 Å². The van der Waals surface area contributed by atoms with Crippen LogP contribution in [0.1, 0.15) is 25.7 Å². The van der Waals surface area contributed by atoms with Crippen molar-refractivity contribution < 1.29 is 4.79 Å². The van der Waals surface area contributed by atoms with Gasteiger partial charge >= 0.3 is 0 Å². The SMILES string of the molecule is C=CCC(=O)N1CCC2(CCN(C)C2)CC1. The Balaban J connectivity index is 1.87. The molecule has 2 aliphatic heterocycles. The second-order valence-corrected chi connectivity index (χ2v) is 5.36. The van der Waals surface area contributed by atoms with Crippen LogP contribution in [0.5, 0.6) is 0 Å². The molecule has 0 atom stereocenters. The molecule has 0 aromatic carbocycles. The fraction of sp³-hybridized carbons (Fsp3) is 0.769. The molecule has 2 rings (SSSR count). The van der Waals surface area contributed by atoms with Crippen molar-refractivity contribution in [3.63, 3.8) is 0 Å². The summed E-state index contributed by atoms with van der Waals surface area (Å²) in [6.45, 7) is 7.95. The summed E-state index contributed by atoms with van der Waals surface area (Å²) in [7, 11) is 2.20. The van der Waals surface area contributed by atoms with Gasteiger partial charge in [-0.05, 0) is 38.3 Å². The van der Waals surface area contributed by atoms with Gasteiger partial charge in [-0.1, -0.05) is 6.08 Å². The predicted molar refractivity (Wildman–Crippen MR) is 65.2 cm³/mol. The summed E-state index contributed by atoms with van der Waals surface area (Å²) in [6, 6.07) is 0. The first-order chi connectivity index (χ1) is 7.65. The Labute approximate surface area is 98.1 Å². The minimum absolute atomic E-state index is 0.246. The van der Waals surface area contributed by atoms with Gasteiger partial charge in [0.05, 0.1) is 0 Å². The van der Waals surface area contributed by atoms with E-state index in [1.54, 1.807) is 6.08 Å². The van der Waals surface area contributed by atoms with Crippen LogP contribution in [0.2, 0.25) is 0 Å². The first-order valence-electron chi connectivity index (χ1n) is 6.22. The Kier molecular flexibility index (Phi) is 3.33. The first-order valence-corrected chi connectivity index (χ1v) is 6.22. The Bertz CT molecular complexity index is 280. The minimum Gasteiger partial charge on any atom is -0.342 e. The van der Waals surface area contributed by atoms with Gasteiger partial charge in [-0.15, -0.1) is 6.58 Å². The van der Waals surface area contributed by atoms with Crippen LogP contribution in [-0.4, -0.2) is 48.9 Å². The average molecular weight is 222 g/mol. The molecule has 0 bridgehead atoms. The van der Waals surface area contributed by atoms with Crippen molar-refractivity contribution >= 4 is 5.91 Å². The molecule has 0 radical (unpaired) electrons. The minimum atomic E-state index is 0.246. The topological polar surface area (TPSA) is 23.6 Å². The molecule has 3 nitrogen and oxygen atoms in total. The number of hydrogen-bond acceptors (Lipinski definition) is 2. The largest absolute Gasteiger partial charge is 0.342 e. The van der Waals surface area contributed by atoms with E-state index in [2.05, 4.69) is 18.5 Å². The lowest BCUT2D eigenvalue weighted by Crippen LogP contribution is -2.43. The van der Waals surface area contributed by atoms with Gasteiger partial charge in [-0.3, -0.25) is 4.79 Å². The van der Waals surface area contributed by atoms with Gasteiger partial charge in [0.15, 0.2) is 0 Å². The molecular weight excluding hydrogens is 200 g/mol. The van der Waals surface area contributed by atoms with Crippen LogP contribution < -0.4 is 0 Å². The van der Waals surface area contributed by atoms with Crippen molar-refractivity contribution in [3.8, 4) is 0 Å². The van der Waals surface area contributed by atoms with E-state index in [1.165, 1.54) is 32.4 Å². The molecule has 0 aliphatic carbocycles. The number of carbonyl (C=O) groups is 1. The summed E-state index contributed by atoms with van der Waals surface area (Å²) in [5, 5.41) is 0. The zero-order valence-electron chi connectivity index (χ0n) is 10.2. The molecule has 0 unspecified atom stereocenters. The summed E-state index contributed by atoms with van der Waals surface area (Å²) in [6.07, 6.45) is 5.87. The van der Waals surface area contributed by atoms with Crippen LogP contribution >= 0.6 is 0 Å². The first kappa shape index (κ1) is 11.6. The zero-order chi connectivity index (χ0) is 11.6. The smallest absolute Gasteiger partial charge is 0.226 e. The van der Waals surface area contributed by atoms with Crippen molar-refractivity contribution in [2.75, 3.05) is 33.2 Å². The maximum absolute atomic E-state index is 11.7. The fourth-order valence-electron chi connectivity index (χ4n) is 3.05. The number of nitrogens with zero attached hydrogens (tertiary/aromatic N) is 2. The predicted octanol–water partition coefficient (Wildman–Crippen LogP) is 1.51. The van der Waals surface area contributed by atoms with Gasteiger partial charge < -0.3 is 9.80 Å². The second kappa shape index (κ2) is 4.58. The highest BCUT2D eigenvalue weighted by Gasteiger charge is 2.39. The molecule has 0 aromatic heterocycles. The summed E-state index contributed by atoms with van der Waals surface area (Å²) >= 11 is 0. The third-order valence-electron chi connectivity index (χ3n) is 4.12. The second-order valence-electron chi connectivity index (χ2n) is 5.36. The van der Waals surface area contributed by atoms with E-state index in [0.29, 0.717) is 11.8 Å². The summed E-state index contributed by atoms with van der Waals surface area (Å²) < 4.78 is 0. The Hall–Kier alpha value is -0.830. The maximum Gasteiger partial charge on any atom is 0.226 e. The average Bonchev–Trinajstić information content (AvgIpc) is 2.61. The third-order valence-corrected chi connectivity index (χ3v) is 4.12. The number of piperidine rings is 1. The third kappa shape index (κ3) is 2.29. The highest BCUT2D eigenvalue weighted by Crippen LogP contribution is 2.39. The van der Waals surface area contributed by atoms with E-state index in [4.69, 9.17) is 0 Å². The van der Waals surface area contributed by atoms with Gasteiger partial charge in [0.25, 0.3) is 0 Å². The van der Waals surface area contributed by atoms with E-state index in [0.717, 1.165) is 13.1 Å². The number of carbonyl (C=O) groups excluding carboxylic acids is 1. The maximum atomic E-state index is 11.7. The molecule has 1 amide bonds. The van der Waals surface area contributed by atoms with Gasteiger partial charge in [-0.2, -0.15) is 0 Å². The van der Waals surface area contributed by atoms with Gasteiger partial charge in [0, 0.05) is 26.1 Å². The lowest BCUT2D eigenvalue weighted by molar-refractivity contribution is -0.132. The molecule has 0 aromatic rings. The Morgan fingerprint density at radius 2 is 1.94 bits per heavy atom. The number of rotatable bonds is 2. The number of amides is 1. The van der Waals surface area contributed by atoms with E-state index in [-0.39, 0.29) is 5.91 Å². The molecule has 0 saturated carbocycles. The summed E-state index contributed by atoms with van der Waals surface area (Å²) in [4.78, 5) is 16.1. The van der Waals surface area contributed by atoms with E-state index in [9.17, 15) is 4.79 Å². The van der Waals surface area contributed by atoms with Crippen molar-refractivity contribution in [1.29, 1.82) is 0 Å². The Morgan fingerprint density at radius 3 is 2.44 bits per heavy atom. The van der Waals surface area contributed by atoms with Crippen LogP contribution in [-0.2, 0) is 4.79 Å². The highest BCUT2D eigenvalue weighted by molar-refractivity contribution is 5.77. The molecule has 3 heteroatoms. The van der Waals surface area contributed by atoms with Crippen molar-refractivity contribution in [3.05, 3.63) is 12.7 Å². The standard InChI is InChI=1S/C13H22N2O/c1-3-4-12(16)15-9-6-13(7-10-15)5-8-14(2)11-13/h3H,1,4-11H2,2H3. The van der Waals surface area contributed by atoms with Crippen LogP contribution in [0.3, 0.4) is 0 Å². The molecule has 90 valence electrons. The molecule has 2 heterocycles. The molecule has 16 heavy (non-hydrogen) atoms. The molecular formula is C13H22N2O. The molecule has 0 N–H and O–H groups in total. The summed E-state index contributed by atoms with van der Waals surface area (Å²) in [5.74, 6) is 0.246. The van der Waals surface area contributed by atoms with Crippen LogP contribution in [0.25, 0.3) is 0 Å². The van der Waals surface area contributed by atoms with Crippen molar-refractivity contribution in [1.82, 2.24) is 9.80 Å². The van der Waals surface area contributed by atoms with Crippen molar-refractivity contribution in [2.45, 2.75) is 25.7 Å². The lowest BCUT2D eigenvalue weighted by Gasteiger charge is -2.39. The quantitative estimate of drug-likeness (QED) is 0.661. The fourth-order valence-corrected chi connectivity index (χ4v) is 3.05. The van der Waals surface area contributed by atoms with Crippen LogP contribution in [0.15, 0.2) is 12.7 Å². The van der Waals surface area contributed by atoms with Gasteiger partial charge in [0.2, 0.25) is 5.91 Å². The van der Waals surface area contributed by atoms with Gasteiger partial charge in [-0.25, -0.2) is 0 Å². The molecule has 2 fully saturated rings. The number of hydrogen-bond donors (Lipinski definition) is 0. The number of likely N-dealkylation sites (tertiary alicyclic amines) is 2. The zero-order valence-corrected chi connectivity index (χ0v) is 10.2.